The lowest BCUT2D eigenvalue weighted by Crippen LogP contribution is -2.35. The molecule has 2 aromatic heterocycles. The van der Waals surface area contributed by atoms with Gasteiger partial charge >= 0.3 is 0 Å². The average molecular weight is 587 g/mol. The van der Waals surface area contributed by atoms with Crippen LogP contribution in [-0.2, 0) is 6.54 Å². The molecule has 1 fully saturated rings. The highest BCUT2D eigenvalue weighted by molar-refractivity contribution is 9.10. The lowest BCUT2D eigenvalue weighted by atomic mass is 9.96. The second-order valence-corrected chi connectivity index (χ2v) is 11.2. The standard InChI is InChI=1S/C31H29BrClN5/c32-27-20-35-38-30(18-29(36-31(27)38)26-8-4-5-9-28(26)33)34-19-22-14-16-37(17-15-22)21-23-10-12-25(13-11-23)24-6-2-1-3-7-24/h1-13,18,20,22,34H,14-17,19,21H2. The molecule has 0 spiro atoms. The molecule has 1 aliphatic heterocycles. The Morgan fingerprint density at radius 2 is 1.61 bits per heavy atom. The molecule has 192 valence electrons. The van der Waals surface area contributed by atoms with Crippen molar-refractivity contribution in [1.82, 2.24) is 19.5 Å². The lowest BCUT2D eigenvalue weighted by molar-refractivity contribution is 0.182. The SMILES string of the molecule is Clc1ccccc1-c1cc(NCC2CCN(Cc3ccc(-c4ccccc4)cc3)CC2)n2ncc(Br)c2n1. The number of nitrogens with zero attached hydrogens (tertiary/aromatic N) is 4. The number of hydrogen-bond acceptors (Lipinski definition) is 4. The largest absolute Gasteiger partial charge is 0.370 e. The zero-order valence-electron chi connectivity index (χ0n) is 21.0. The van der Waals surface area contributed by atoms with E-state index in [9.17, 15) is 0 Å². The van der Waals surface area contributed by atoms with Crippen molar-refractivity contribution in [2.45, 2.75) is 19.4 Å². The third kappa shape index (κ3) is 5.48. The summed E-state index contributed by atoms with van der Waals surface area (Å²) in [6.45, 7) is 4.12. The van der Waals surface area contributed by atoms with Crippen LogP contribution in [0.4, 0.5) is 5.82 Å². The summed E-state index contributed by atoms with van der Waals surface area (Å²) in [7, 11) is 0. The monoisotopic (exact) mass is 585 g/mol. The van der Waals surface area contributed by atoms with E-state index in [-0.39, 0.29) is 0 Å². The van der Waals surface area contributed by atoms with E-state index in [2.05, 4.69) is 85.8 Å². The minimum Gasteiger partial charge on any atom is -0.370 e. The van der Waals surface area contributed by atoms with Gasteiger partial charge in [0, 0.05) is 29.7 Å². The number of benzene rings is 3. The van der Waals surface area contributed by atoms with Crippen molar-refractivity contribution in [3.8, 4) is 22.4 Å². The van der Waals surface area contributed by atoms with E-state index in [0.29, 0.717) is 10.9 Å². The van der Waals surface area contributed by atoms with E-state index in [1.54, 1.807) is 6.20 Å². The lowest BCUT2D eigenvalue weighted by Gasteiger charge is -2.32. The fourth-order valence-corrected chi connectivity index (χ4v) is 5.74. The highest BCUT2D eigenvalue weighted by Gasteiger charge is 2.20. The molecule has 0 aliphatic carbocycles. The molecule has 1 N–H and O–H groups in total. The number of halogens is 2. The molecular weight excluding hydrogens is 558 g/mol. The molecule has 0 radical (unpaired) electrons. The summed E-state index contributed by atoms with van der Waals surface area (Å²) < 4.78 is 2.72. The maximum absolute atomic E-state index is 6.48. The molecule has 0 bridgehead atoms. The second kappa shape index (κ2) is 11.3. The summed E-state index contributed by atoms with van der Waals surface area (Å²) in [4.78, 5) is 7.38. The van der Waals surface area contributed by atoms with Crippen LogP contribution in [0.3, 0.4) is 0 Å². The molecule has 1 saturated heterocycles. The third-order valence-corrected chi connectivity index (χ3v) is 8.21. The first kappa shape index (κ1) is 25.1. The Labute approximate surface area is 236 Å². The van der Waals surface area contributed by atoms with Crippen molar-refractivity contribution in [1.29, 1.82) is 0 Å². The minimum absolute atomic E-state index is 0.609. The molecule has 0 unspecified atom stereocenters. The number of likely N-dealkylation sites (tertiary alicyclic amines) is 1. The molecular formula is C31H29BrClN5. The molecule has 5 nitrogen and oxygen atoms in total. The Morgan fingerprint density at radius 1 is 0.895 bits per heavy atom. The number of piperidine rings is 1. The Bertz CT molecular complexity index is 1530. The van der Waals surface area contributed by atoms with Crippen molar-refractivity contribution in [2.75, 3.05) is 25.0 Å². The Balaban J connectivity index is 1.08. The number of rotatable bonds is 7. The van der Waals surface area contributed by atoms with Gasteiger partial charge in [-0.1, -0.05) is 84.4 Å². The maximum Gasteiger partial charge on any atom is 0.172 e. The molecule has 3 aromatic carbocycles. The van der Waals surface area contributed by atoms with Gasteiger partial charge in [-0.2, -0.15) is 9.61 Å². The first-order valence-electron chi connectivity index (χ1n) is 13.0. The molecule has 6 rings (SSSR count). The quantitative estimate of drug-likeness (QED) is 0.211. The number of anilines is 1. The van der Waals surface area contributed by atoms with Gasteiger partial charge in [0.2, 0.25) is 0 Å². The molecule has 38 heavy (non-hydrogen) atoms. The van der Waals surface area contributed by atoms with Crippen LogP contribution < -0.4 is 5.32 Å². The molecule has 0 atom stereocenters. The van der Waals surface area contributed by atoms with Crippen LogP contribution in [-0.4, -0.2) is 39.1 Å². The van der Waals surface area contributed by atoms with E-state index in [4.69, 9.17) is 16.6 Å². The maximum atomic E-state index is 6.48. The van der Waals surface area contributed by atoms with Crippen LogP contribution in [0.2, 0.25) is 5.02 Å². The predicted octanol–water partition coefficient (Wildman–Crippen LogP) is 7.80. The summed E-state index contributed by atoms with van der Waals surface area (Å²) in [5, 5.41) is 8.88. The van der Waals surface area contributed by atoms with Gasteiger partial charge in [-0.3, -0.25) is 4.90 Å². The van der Waals surface area contributed by atoms with E-state index >= 15 is 0 Å². The zero-order chi connectivity index (χ0) is 25.9. The van der Waals surface area contributed by atoms with Gasteiger partial charge in [0.05, 0.1) is 16.4 Å². The van der Waals surface area contributed by atoms with E-state index < -0.39 is 0 Å². The fraction of sp³-hybridized carbons (Fsp3) is 0.226. The van der Waals surface area contributed by atoms with Gasteiger partial charge in [-0.25, -0.2) is 4.98 Å². The van der Waals surface area contributed by atoms with Gasteiger partial charge in [-0.15, -0.1) is 0 Å². The average Bonchev–Trinajstić information content (AvgIpc) is 3.34. The Kier molecular flexibility index (Phi) is 7.45. The Hall–Kier alpha value is -3.19. The van der Waals surface area contributed by atoms with Gasteiger partial charge < -0.3 is 5.32 Å². The molecule has 7 heteroatoms. The van der Waals surface area contributed by atoms with Crippen LogP contribution >= 0.6 is 27.5 Å². The molecule has 0 amide bonds. The highest BCUT2D eigenvalue weighted by Crippen LogP contribution is 2.31. The van der Waals surface area contributed by atoms with Crippen LogP contribution in [0.1, 0.15) is 18.4 Å². The Morgan fingerprint density at radius 3 is 2.37 bits per heavy atom. The fourth-order valence-electron chi connectivity index (χ4n) is 5.16. The van der Waals surface area contributed by atoms with E-state index in [1.807, 2.05) is 34.8 Å². The van der Waals surface area contributed by atoms with Crippen molar-refractivity contribution in [3.05, 3.63) is 106 Å². The normalized spacial score (nSPS) is 14.7. The predicted molar refractivity (Wildman–Crippen MR) is 160 cm³/mol. The van der Waals surface area contributed by atoms with Gasteiger partial charge in [0.1, 0.15) is 5.82 Å². The van der Waals surface area contributed by atoms with Gasteiger partial charge in [-0.05, 0) is 70.5 Å². The van der Waals surface area contributed by atoms with Gasteiger partial charge in [0.25, 0.3) is 0 Å². The number of nitrogens with one attached hydrogen (secondary N) is 1. The summed E-state index contributed by atoms with van der Waals surface area (Å²) in [5.41, 5.74) is 6.43. The second-order valence-electron chi connectivity index (χ2n) is 9.90. The van der Waals surface area contributed by atoms with Gasteiger partial charge in [0.15, 0.2) is 5.65 Å². The van der Waals surface area contributed by atoms with Crippen molar-refractivity contribution in [3.63, 3.8) is 0 Å². The van der Waals surface area contributed by atoms with E-state index in [1.165, 1.54) is 29.5 Å². The number of aromatic nitrogens is 3. The number of hydrogen-bond donors (Lipinski definition) is 1. The third-order valence-electron chi connectivity index (χ3n) is 7.32. The zero-order valence-corrected chi connectivity index (χ0v) is 23.4. The number of fused-ring (bicyclic) bond motifs is 1. The summed E-state index contributed by atoms with van der Waals surface area (Å²) in [6, 6.07) is 29.4. The topological polar surface area (TPSA) is 45.5 Å². The van der Waals surface area contributed by atoms with Crippen LogP contribution in [0, 0.1) is 5.92 Å². The highest BCUT2D eigenvalue weighted by atomic mass is 79.9. The van der Waals surface area contributed by atoms with E-state index in [0.717, 1.165) is 53.4 Å². The molecule has 5 aromatic rings. The first-order chi connectivity index (χ1) is 18.6. The minimum atomic E-state index is 0.609. The van der Waals surface area contributed by atoms with Crippen LogP contribution in [0.15, 0.2) is 95.6 Å². The van der Waals surface area contributed by atoms with Crippen LogP contribution in [0.25, 0.3) is 28.0 Å². The molecule has 1 aliphatic rings. The smallest absolute Gasteiger partial charge is 0.172 e. The summed E-state index contributed by atoms with van der Waals surface area (Å²) in [5.74, 6) is 1.54. The summed E-state index contributed by atoms with van der Waals surface area (Å²) >= 11 is 10.1. The summed E-state index contributed by atoms with van der Waals surface area (Å²) in [6.07, 6.45) is 4.13. The first-order valence-corrected chi connectivity index (χ1v) is 14.2. The molecule has 3 heterocycles. The van der Waals surface area contributed by atoms with Crippen molar-refractivity contribution >= 4 is 39.0 Å². The van der Waals surface area contributed by atoms with Crippen molar-refractivity contribution in [2.24, 2.45) is 5.92 Å². The van der Waals surface area contributed by atoms with Crippen LogP contribution in [0.5, 0.6) is 0 Å². The van der Waals surface area contributed by atoms with Crippen molar-refractivity contribution < 1.29 is 0 Å². The molecule has 0 saturated carbocycles.